The maximum Gasteiger partial charge on any atom is 0.270 e. The molecule has 2 aromatic carbocycles. The molecule has 30 heavy (non-hydrogen) atoms. The molecule has 6 nitrogen and oxygen atoms in total. The van der Waals surface area contributed by atoms with E-state index in [9.17, 15) is 9.59 Å². The van der Waals surface area contributed by atoms with E-state index in [0.29, 0.717) is 27.8 Å². The number of nitrogens with zero attached hydrogens (tertiary/aromatic N) is 2. The molecule has 1 aliphatic rings. The van der Waals surface area contributed by atoms with Crippen molar-refractivity contribution in [1.29, 1.82) is 5.26 Å². The van der Waals surface area contributed by atoms with Crippen LogP contribution in [0.2, 0.25) is 5.02 Å². The fourth-order valence-corrected chi connectivity index (χ4v) is 3.44. The van der Waals surface area contributed by atoms with Gasteiger partial charge in [0, 0.05) is 5.56 Å². The minimum absolute atomic E-state index is 0.0482. The first-order valence-electron chi connectivity index (χ1n) is 8.74. The summed E-state index contributed by atoms with van der Waals surface area (Å²) in [5.41, 5.74) is 1.53. The highest BCUT2D eigenvalue weighted by atomic mass is 35.5. The van der Waals surface area contributed by atoms with Gasteiger partial charge in [-0.25, -0.2) is 0 Å². The third-order valence-electron chi connectivity index (χ3n) is 4.41. The fraction of sp³-hybridized carbons (Fsp3) is 0. The lowest BCUT2D eigenvalue weighted by Gasteiger charge is -2.29. The van der Waals surface area contributed by atoms with Gasteiger partial charge < -0.3 is 4.42 Å². The maximum atomic E-state index is 13.0. The van der Waals surface area contributed by atoms with Crippen LogP contribution in [0.3, 0.4) is 0 Å². The van der Waals surface area contributed by atoms with E-state index in [1.165, 1.54) is 11.0 Å². The number of thiocarbonyl (C=S) groups is 1. The van der Waals surface area contributed by atoms with Crippen molar-refractivity contribution in [3.8, 4) is 17.4 Å². The summed E-state index contributed by atoms with van der Waals surface area (Å²) in [5, 5.41) is 11.7. The highest BCUT2D eigenvalue weighted by Crippen LogP contribution is 2.29. The van der Waals surface area contributed by atoms with Gasteiger partial charge in [-0.3, -0.25) is 19.8 Å². The van der Waals surface area contributed by atoms with Crippen LogP contribution in [0.5, 0.6) is 0 Å². The first-order valence-corrected chi connectivity index (χ1v) is 9.53. The van der Waals surface area contributed by atoms with Crippen molar-refractivity contribution in [2.45, 2.75) is 0 Å². The summed E-state index contributed by atoms with van der Waals surface area (Å²) >= 11 is 11.4. The van der Waals surface area contributed by atoms with Crippen LogP contribution < -0.4 is 10.2 Å². The molecular formula is C22H12ClN3O3S. The number of carbonyl (C=O) groups is 2. The Bertz CT molecular complexity index is 1260. The fourth-order valence-electron chi connectivity index (χ4n) is 2.95. The molecule has 1 N–H and O–H groups in total. The standard InChI is InChI=1S/C22H12ClN3O3S/c23-17-3-1-2-4-18(17)26-21(28)16(20(27)25-22(26)30)11-15-9-10-19(29-15)14-7-5-13(12-24)6-8-14/h1-11H,(H,25,27,30). The van der Waals surface area contributed by atoms with Gasteiger partial charge in [0.25, 0.3) is 11.8 Å². The van der Waals surface area contributed by atoms with Crippen LogP contribution in [-0.4, -0.2) is 16.9 Å². The van der Waals surface area contributed by atoms with E-state index in [1.807, 2.05) is 0 Å². The van der Waals surface area contributed by atoms with E-state index in [2.05, 4.69) is 11.4 Å². The van der Waals surface area contributed by atoms with Crippen LogP contribution in [0.4, 0.5) is 5.69 Å². The Balaban J connectivity index is 1.67. The highest BCUT2D eigenvalue weighted by Gasteiger charge is 2.35. The average molecular weight is 434 g/mol. The number of hydrogen-bond donors (Lipinski definition) is 1. The summed E-state index contributed by atoms with van der Waals surface area (Å²) < 4.78 is 5.77. The van der Waals surface area contributed by atoms with E-state index in [4.69, 9.17) is 33.5 Å². The van der Waals surface area contributed by atoms with Gasteiger partial charge in [-0.1, -0.05) is 23.7 Å². The molecule has 146 valence electrons. The number of carbonyl (C=O) groups excluding carboxylic acids is 2. The molecule has 3 aromatic rings. The molecule has 2 amide bonds. The topological polar surface area (TPSA) is 86.3 Å². The monoisotopic (exact) mass is 433 g/mol. The van der Waals surface area contributed by atoms with Gasteiger partial charge >= 0.3 is 0 Å². The number of nitrogens with one attached hydrogen (secondary N) is 1. The Morgan fingerprint density at radius 3 is 2.50 bits per heavy atom. The van der Waals surface area contributed by atoms with Crippen molar-refractivity contribution < 1.29 is 14.0 Å². The molecule has 1 aliphatic heterocycles. The second kappa shape index (κ2) is 7.95. The van der Waals surface area contributed by atoms with E-state index < -0.39 is 11.8 Å². The van der Waals surface area contributed by atoms with Gasteiger partial charge in [0.2, 0.25) is 0 Å². The second-order valence-corrected chi connectivity index (χ2v) is 7.09. The van der Waals surface area contributed by atoms with Crippen LogP contribution in [0.15, 0.2) is 70.7 Å². The number of nitriles is 1. The number of rotatable bonds is 3. The quantitative estimate of drug-likeness (QED) is 0.378. The molecule has 0 unspecified atom stereocenters. The molecule has 1 fully saturated rings. The van der Waals surface area contributed by atoms with E-state index in [0.717, 1.165) is 5.56 Å². The lowest BCUT2D eigenvalue weighted by molar-refractivity contribution is -0.122. The molecule has 0 radical (unpaired) electrons. The number of anilines is 1. The summed E-state index contributed by atoms with van der Waals surface area (Å²) in [6.07, 6.45) is 1.36. The predicted molar refractivity (Wildman–Crippen MR) is 117 cm³/mol. The van der Waals surface area contributed by atoms with Crippen molar-refractivity contribution >= 4 is 52.5 Å². The van der Waals surface area contributed by atoms with Crippen molar-refractivity contribution in [2.75, 3.05) is 4.90 Å². The van der Waals surface area contributed by atoms with Gasteiger partial charge in [0.15, 0.2) is 5.11 Å². The third-order valence-corrected chi connectivity index (χ3v) is 5.01. The Kier molecular flexibility index (Phi) is 5.19. The van der Waals surface area contributed by atoms with Crippen LogP contribution in [0, 0.1) is 11.3 Å². The van der Waals surface area contributed by atoms with Crippen LogP contribution >= 0.6 is 23.8 Å². The zero-order valence-corrected chi connectivity index (χ0v) is 16.8. The Morgan fingerprint density at radius 2 is 1.80 bits per heavy atom. The highest BCUT2D eigenvalue weighted by molar-refractivity contribution is 7.80. The number of benzene rings is 2. The molecule has 1 saturated heterocycles. The number of amides is 2. The number of halogens is 1. The third kappa shape index (κ3) is 3.62. The first-order chi connectivity index (χ1) is 14.5. The van der Waals surface area contributed by atoms with E-state index >= 15 is 0 Å². The van der Waals surface area contributed by atoms with Crippen LogP contribution in [-0.2, 0) is 9.59 Å². The molecule has 0 atom stereocenters. The molecule has 0 saturated carbocycles. The first kappa shape index (κ1) is 19.6. The van der Waals surface area contributed by atoms with Gasteiger partial charge in [0.05, 0.1) is 22.3 Å². The normalized spacial score (nSPS) is 15.3. The molecule has 2 heterocycles. The summed E-state index contributed by atoms with van der Waals surface area (Å²) in [7, 11) is 0. The van der Waals surface area contributed by atoms with Crippen LogP contribution in [0.25, 0.3) is 17.4 Å². The predicted octanol–water partition coefficient (Wildman–Crippen LogP) is 4.30. The summed E-state index contributed by atoms with van der Waals surface area (Å²) in [5.74, 6) is -0.369. The van der Waals surface area contributed by atoms with Crippen molar-refractivity contribution in [3.05, 3.63) is 82.6 Å². The minimum atomic E-state index is -0.621. The molecule has 0 aliphatic carbocycles. The Labute approximate surface area is 182 Å². The molecule has 0 bridgehead atoms. The van der Waals surface area contributed by atoms with Crippen LogP contribution in [0.1, 0.15) is 11.3 Å². The summed E-state index contributed by atoms with van der Waals surface area (Å²) in [4.78, 5) is 26.6. The average Bonchev–Trinajstić information content (AvgIpc) is 3.21. The van der Waals surface area contributed by atoms with Gasteiger partial charge in [-0.05, 0) is 66.8 Å². The smallest absolute Gasteiger partial charge is 0.270 e. The van der Waals surface area contributed by atoms with E-state index in [-0.39, 0.29) is 10.7 Å². The van der Waals surface area contributed by atoms with Gasteiger partial charge in [0.1, 0.15) is 17.1 Å². The zero-order chi connectivity index (χ0) is 21.3. The SMILES string of the molecule is N#Cc1ccc(-c2ccc(C=C3C(=O)NC(=S)N(c4ccccc4Cl)C3=O)o2)cc1. The maximum absolute atomic E-state index is 13.0. The minimum Gasteiger partial charge on any atom is -0.457 e. The lowest BCUT2D eigenvalue weighted by atomic mass is 10.1. The molecule has 1 aromatic heterocycles. The molecule has 0 spiro atoms. The largest absolute Gasteiger partial charge is 0.457 e. The lowest BCUT2D eigenvalue weighted by Crippen LogP contribution is -2.54. The summed E-state index contributed by atoms with van der Waals surface area (Å²) in [6, 6.07) is 19.0. The Hall–Kier alpha value is -3.73. The van der Waals surface area contributed by atoms with Gasteiger partial charge in [-0.2, -0.15) is 5.26 Å². The second-order valence-electron chi connectivity index (χ2n) is 6.30. The van der Waals surface area contributed by atoms with Gasteiger partial charge in [-0.15, -0.1) is 0 Å². The number of hydrogen-bond acceptors (Lipinski definition) is 5. The zero-order valence-electron chi connectivity index (χ0n) is 15.3. The van der Waals surface area contributed by atoms with E-state index in [1.54, 1.807) is 60.7 Å². The van der Waals surface area contributed by atoms with Crippen molar-refractivity contribution in [1.82, 2.24) is 5.32 Å². The molecular weight excluding hydrogens is 422 g/mol. The van der Waals surface area contributed by atoms with Crippen molar-refractivity contribution in [3.63, 3.8) is 0 Å². The number of para-hydroxylation sites is 1. The summed E-state index contributed by atoms with van der Waals surface area (Å²) in [6.45, 7) is 0. The molecule has 4 rings (SSSR count). The van der Waals surface area contributed by atoms with Crippen molar-refractivity contribution in [2.24, 2.45) is 0 Å². The molecule has 8 heteroatoms. The Morgan fingerprint density at radius 1 is 1.07 bits per heavy atom. The number of furan rings is 1.